The van der Waals surface area contributed by atoms with E-state index in [1.165, 1.54) is 0 Å². The maximum absolute atomic E-state index is 12.4. The van der Waals surface area contributed by atoms with Crippen molar-refractivity contribution < 1.29 is 23.9 Å². The number of hydrogen-bond donors (Lipinski definition) is 0. The SMILES string of the molecule is CCOC(=O)CCC1CCCC(CCC(=O)OCC)C1=O. The Labute approximate surface area is 126 Å². The lowest BCUT2D eigenvalue weighted by atomic mass is 9.76. The van der Waals surface area contributed by atoms with Gasteiger partial charge in [-0.25, -0.2) is 0 Å². The Kier molecular flexibility index (Phi) is 8.01. The summed E-state index contributed by atoms with van der Waals surface area (Å²) in [6.07, 6.45) is 4.39. The summed E-state index contributed by atoms with van der Waals surface area (Å²) in [6.45, 7) is 4.30. The topological polar surface area (TPSA) is 69.7 Å². The molecule has 0 amide bonds. The van der Waals surface area contributed by atoms with E-state index in [1.807, 2.05) is 0 Å². The molecule has 5 nitrogen and oxygen atoms in total. The Balaban J connectivity index is 2.37. The number of hydrogen-bond acceptors (Lipinski definition) is 5. The van der Waals surface area contributed by atoms with Crippen LogP contribution in [-0.2, 0) is 23.9 Å². The van der Waals surface area contributed by atoms with E-state index < -0.39 is 0 Å². The number of rotatable bonds is 8. The van der Waals surface area contributed by atoms with E-state index in [0.29, 0.717) is 38.9 Å². The average molecular weight is 298 g/mol. The van der Waals surface area contributed by atoms with Gasteiger partial charge in [-0.05, 0) is 39.5 Å². The number of Topliss-reactive ketones (excluding diaryl/α,β-unsaturated/α-hetero) is 1. The van der Waals surface area contributed by atoms with Gasteiger partial charge in [0.15, 0.2) is 0 Å². The van der Waals surface area contributed by atoms with E-state index in [1.54, 1.807) is 13.8 Å². The number of ketones is 1. The van der Waals surface area contributed by atoms with E-state index >= 15 is 0 Å². The molecule has 1 rings (SSSR count). The Bertz CT molecular complexity index is 332. The van der Waals surface area contributed by atoms with E-state index in [-0.39, 0.29) is 29.6 Å². The van der Waals surface area contributed by atoms with Crippen molar-refractivity contribution in [1.82, 2.24) is 0 Å². The predicted octanol–water partition coefficient (Wildman–Crippen LogP) is 2.66. The molecule has 120 valence electrons. The summed E-state index contributed by atoms with van der Waals surface area (Å²) in [4.78, 5) is 35.1. The molecule has 1 aliphatic carbocycles. The number of carbonyl (C=O) groups is 3. The molecule has 1 fully saturated rings. The zero-order valence-corrected chi connectivity index (χ0v) is 13.1. The van der Waals surface area contributed by atoms with Crippen LogP contribution in [0.3, 0.4) is 0 Å². The second kappa shape index (κ2) is 9.53. The third kappa shape index (κ3) is 6.27. The number of esters is 2. The fourth-order valence-corrected chi connectivity index (χ4v) is 2.85. The minimum atomic E-state index is -0.237. The first kappa shape index (κ1) is 17.7. The zero-order chi connectivity index (χ0) is 15.7. The summed E-state index contributed by atoms with van der Waals surface area (Å²) in [5.74, 6) is -0.390. The zero-order valence-electron chi connectivity index (χ0n) is 13.1. The molecular weight excluding hydrogens is 272 g/mol. The predicted molar refractivity (Wildman–Crippen MR) is 77.6 cm³/mol. The summed E-state index contributed by atoms with van der Waals surface area (Å²) in [5, 5.41) is 0. The molecule has 21 heavy (non-hydrogen) atoms. The first-order valence-electron chi connectivity index (χ1n) is 7.93. The standard InChI is InChI=1S/C16H26O5/c1-3-20-14(17)10-8-12-6-5-7-13(16(12)19)9-11-15(18)21-4-2/h12-13H,3-11H2,1-2H3. The van der Waals surface area contributed by atoms with Crippen LogP contribution < -0.4 is 0 Å². The lowest BCUT2D eigenvalue weighted by molar-refractivity contribution is -0.144. The van der Waals surface area contributed by atoms with Gasteiger partial charge in [-0.3, -0.25) is 14.4 Å². The van der Waals surface area contributed by atoms with Gasteiger partial charge in [0, 0.05) is 24.7 Å². The summed E-state index contributed by atoms with van der Waals surface area (Å²) >= 11 is 0. The smallest absolute Gasteiger partial charge is 0.305 e. The van der Waals surface area contributed by atoms with E-state index in [4.69, 9.17) is 9.47 Å². The van der Waals surface area contributed by atoms with E-state index in [2.05, 4.69) is 0 Å². The first-order valence-corrected chi connectivity index (χ1v) is 7.93. The number of ether oxygens (including phenoxy) is 2. The fraction of sp³-hybridized carbons (Fsp3) is 0.812. The largest absolute Gasteiger partial charge is 0.466 e. The minimum Gasteiger partial charge on any atom is -0.466 e. The van der Waals surface area contributed by atoms with Crippen molar-refractivity contribution in [2.24, 2.45) is 11.8 Å². The fourth-order valence-electron chi connectivity index (χ4n) is 2.85. The molecule has 0 spiro atoms. The van der Waals surface area contributed by atoms with E-state index in [9.17, 15) is 14.4 Å². The Morgan fingerprint density at radius 1 is 0.952 bits per heavy atom. The molecule has 2 unspecified atom stereocenters. The molecule has 0 aromatic heterocycles. The van der Waals surface area contributed by atoms with Crippen LogP contribution in [0, 0.1) is 11.8 Å². The van der Waals surface area contributed by atoms with Crippen LogP contribution in [0.2, 0.25) is 0 Å². The van der Waals surface area contributed by atoms with Crippen molar-refractivity contribution in [3.05, 3.63) is 0 Å². The van der Waals surface area contributed by atoms with Crippen molar-refractivity contribution in [1.29, 1.82) is 0 Å². The second-order valence-electron chi connectivity index (χ2n) is 5.41. The van der Waals surface area contributed by atoms with Gasteiger partial charge in [0.25, 0.3) is 0 Å². The van der Waals surface area contributed by atoms with Gasteiger partial charge in [0.1, 0.15) is 5.78 Å². The van der Waals surface area contributed by atoms with Crippen LogP contribution in [0.5, 0.6) is 0 Å². The van der Waals surface area contributed by atoms with Crippen molar-refractivity contribution in [3.8, 4) is 0 Å². The Morgan fingerprint density at radius 2 is 1.38 bits per heavy atom. The Morgan fingerprint density at radius 3 is 1.76 bits per heavy atom. The highest BCUT2D eigenvalue weighted by Crippen LogP contribution is 2.31. The van der Waals surface area contributed by atoms with Crippen LogP contribution >= 0.6 is 0 Å². The van der Waals surface area contributed by atoms with Crippen molar-refractivity contribution >= 4 is 17.7 Å². The maximum atomic E-state index is 12.4. The van der Waals surface area contributed by atoms with Gasteiger partial charge in [-0.2, -0.15) is 0 Å². The van der Waals surface area contributed by atoms with Crippen LogP contribution in [0.15, 0.2) is 0 Å². The lowest BCUT2D eigenvalue weighted by Gasteiger charge is -2.27. The Hall–Kier alpha value is -1.39. The van der Waals surface area contributed by atoms with Gasteiger partial charge in [0.05, 0.1) is 13.2 Å². The third-order valence-electron chi connectivity index (χ3n) is 3.91. The molecule has 0 aliphatic heterocycles. The normalized spacial score (nSPS) is 21.9. The first-order chi connectivity index (χ1) is 10.1. The van der Waals surface area contributed by atoms with Gasteiger partial charge < -0.3 is 9.47 Å². The molecule has 0 aromatic carbocycles. The average Bonchev–Trinajstić information content (AvgIpc) is 2.45. The molecule has 2 atom stereocenters. The summed E-state index contributed by atoms with van der Waals surface area (Å²) < 4.78 is 9.78. The monoisotopic (exact) mass is 298 g/mol. The molecule has 0 radical (unpaired) electrons. The quantitative estimate of drug-likeness (QED) is 0.644. The van der Waals surface area contributed by atoms with Crippen molar-refractivity contribution in [3.63, 3.8) is 0 Å². The third-order valence-corrected chi connectivity index (χ3v) is 3.91. The second-order valence-corrected chi connectivity index (χ2v) is 5.41. The summed E-state index contributed by atoms with van der Waals surface area (Å²) in [6, 6.07) is 0. The van der Waals surface area contributed by atoms with Gasteiger partial charge >= 0.3 is 11.9 Å². The minimum absolute atomic E-state index is 0.0599. The highest BCUT2D eigenvalue weighted by atomic mass is 16.5. The van der Waals surface area contributed by atoms with E-state index in [0.717, 1.165) is 19.3 Å². The van der Waals surface area contributed by atoms with Crippen molar-refractivity contribution in [2.45, 2.75) is 58.8 Å². The molecule has 0 heterocycles. The van der Waals surface area contributed by atoms with Gasteiger partial charge in [0.2, 0.25) is 0 Å². The van der Waals surface area contributed by atoms with Crippen LogP contribution in [0.25, 0.3) is 0 Å². The highest BCUT2D eigenvalue weighted by Gasteiger charge is 2.31. The molecule has 0 aromatic rings. The molecular formula is C16H26O5. The molecule has 0 N–H and O–H groups in total. The van der Waals surface area contributed by atoms with Crippen LogP contribution in [0.1, 0.15) is 58.8 Å². The molecule has 5 heteroatoms. The van der Waals surface area contributed by atoms with Crippen molar-refractivity contribution in [2.75, 3.05) is 13.2 Å². The summed E-state index contributed by atoms with van der Waals surface area (Å²) in [7, 11) is 0. The summed E-state index contributed by atoms with van der Waals surface area (Å²) in [5.41, 5.74) is 0. The highest BCUT2D eigenvalue weighted by molar-refractivity contribution is 5.85. The van der Waals surface area contributed by atoms with Gasteiger partial charge in [-0.1, -0.05) is 6.42 Å². The van der Waals surface area contributed by atoms with Gasteiger partial charge in [-0.15, -0.1) is 0 Å². The molecule has 1 saturated carbocycles. The van der Waals surface area contributed by atoms with Crippen LogP contribution in [-0.4, -0.2) is 30.9 Å². The maximum Gasteiger partial charge on any atom is 0.305 e. The molecule has 0 bridgehead atoms. The van der Waals surface area contributed by atoms with Crippen LogP contribution in [0.4, 0.5) is 0 Å². The number of carbonyl (C=O) groups excluding carboxylic acids is 3. The lowest BCUT2D eigenvalue weighted by Crippen LogP contribution is -2.29. The molecule has 0 saturated heterocycles. The molecule has 1 aliphatic rings.